The summed E-state index contributed by atoms with van der Waals surface area (Å²) in [5.41, 5.74) is 19.2. The number of para-hydroxylation sites is 3. The quantitative estimate of drug-likeness (QED) is 0.152. The van der Waals surface area contributed by atoms with E-state index in [2.05, 4.69) is 297 Å². The molecule has 0 atom stereocenters. The van der Waals surface area contributed by atoms with Crippen molar-refractivity contribution in [2.24, 2.45) is 0 Å². The number of furan rings is 2. The molecule has 0 fully saturated rings. The second-order valence-electron chi connectivity index (χ2n) is 24.1. The summed E-state index contributed by atoms with van der Waals surface area (Å²) in [5, 5.41) is 4.21. The molecule has 1 aliphatic carbocycles. The topological polar surface area (TPSA) is 32.8 Å². The van der Waals surface area contributed by atoms with Crippen molar-refractivity contribution >= 4 is 78.0 Å². The molecule has 0 aliphatic heterocycles. The van der Waals surface area contributed by atoms with Crippen molar-refractivity contribution in [1.82, 2.24) is 0 Å². The normalized spacial score (nSPS) is 13.4. The lowest BCUT2D eigenvalue weighted by atomic mass is 9.67. The Kier molecular flexibility index (Phi) is 11.1. The molecule has 77 heavy (non-hydrogen) atoms. The van der Waals surface area contributed by atoms with Crippen LogP contribution in [0.2, 0.25) is 0 Å². The first-order chi connectivity index (χ1) is 37.1. The van der Waals surface area contributed by atoms with E-state index in [1.807, 2.05) is 0 Å². The lowest BCUT2D eigenvalue weighted by molar-refractivity contribution is 0.590. The minimum atomic E-state index is -0.868. The van der Waals surface area contributed by atoms with Gasteiger partial charge in [0.05, 0.1) is 22.2 Å². The Labute approximate surface area is 452 Å². The predicted octanol–water partition coefficient (Wildman–Crippen LogP) is 20.7. The Bertz CT molecular complexity index is 4070. The number of anilines is 6. The summed E-state index contributed by atoms with van der Waals surface area (Å²) in [6.07, 6.45) is 0. The van der Waals surface area contributed by atoms with Crippen LogP contribution < -0.4 is 9.80 Å². The van der Waals surface area contributed by atoms with Gasteiger partial charge in [-0.05, 0) is 128 Å². The van der Waals surface area contributed by atoms with Crippen molar-refractivity contribution in [2.45, 2.75) is 84.0 Å². The molecule has 0 radical (unpaired) electrons. The van der Waals surface area contributed by atoms with E-state index in [1.54, 1.807) is 0 Å². The minimum absolute atomic E-state index is 0.0192. The van der Waals surface area contributed by atoms with Crippen LogP contribution in [0.15, 0.2) is 233 Å². The molecule has 0 N–H and O–H groups in total. The van der Waals surface area contributed by atoms with E-state index in [1.165, 1.54) is 16.7 Å². The highest BCUT2D eigenvalue weighted by Crippen LogP contribution is 2.64. The van der Waals surface area contributed by atoms with Crippen molar-refractivity contribution in [3.8, 4) is 11.1 Å². The van der Waals surface area contributed by atoms with Crippen LogP contribution in [0, 0.1) is 0 Å². The Morgan fingerprint density at radius 2 is 0.675 bits per heavy atom. The molecule has 0 bridgehead atoms. The number of hydrogen-bond acceptors (Lipinski definition) is 4. The summed E-state index contributed by atoms with van der Waals surface area (Å²) in [5.74, 6) is 0. The number of nitrogens with zero attached hydrogens (tertiary/aromatic N) is 2. The third kappa shape index (κ3) is 7.71. The van der Waals surface area contributed by atoms with E-state index in [0.717, 1.165) is 111 Å². The Balaban J connectivity index is 1.22. The Morgan fingerprint density at radius 3 is 1.13 bits per heavy atom. The highest BCUT2D eigenvalue weighted by atomic mass is 16.3. The molecule has 0 saturated heterocycles. The second kappa shape index (κ2) is 17.7. The molecular weight excluding hydrogens is 937 g/mol. The number of rotatable bonds is 8. The molecular formula is C73H64N2O2. The first-order valence-corrected chi connectivity index (χ1v) is 27.2. The molecule has 2 aromatic heterocycles. The van der Waals surface area contributed by atoms with Crippen molar-refractivity contribution in [1.29, 1.82) is 0 Å². The fraction of sp³-hybridized carbons (Fsp3) is 0.178. The predicted molar refractivity (Wildman–Crippen MR) is 324 cm³/mol. The van der Waals surface area contributed by atoms with Gasteiger partial charge in [-0.3, -0.25) is 0 Å². The lowest BCUT2D eigenvalue weighted by Crippen LogP contribution is -2.29. The molecule has 378 valence electrons. The van der Waals surface area contributed by atoms with Gasteiger partial charge in [-0.15, -0.1) is 0 Å². The van der Waals surface area contributed by atoms with E-state index in [9.17, 15) is 0 Å². The molecule has 0 spiro atoms. The Hall–Kier alpha value is -8.60. The molecule has 2 heterocycles. The van der Waals surface area contributed by atoms with Crippen LogP contribution in [0.25, 0.3) is 55.0 Å². The summed E-state index contributed by atoms with van der Waals surface area (Å²) >= 11 is 0. The van der Waals surface area contributed by atoms with Crippen molar-refractivity contribution in [3.05, 3.63) is 263 Å². The zero-order valence-corrected chi connectivity index (χ0v) is 45.6. The van der Waals surface area contributed by atoms with Gasteiger partial charge in [0.25, 0.3) is 0 Å². The van der Waals surface area contributed by atoms with Crippen LogP contribution in [0.5, 0.6) is 0 Å². The smallest absolute Gasteiger partial charge is 0.160 e. The van der Waals surface area contributed by atoms with Crippen LogP contribution in [-0.2, 0) is 21.7 Å². The SMILES string of the molecule is CC(C)(C)c1ccc(N(c2ccccc2)c2cc3c(c4c2oc2ccccc24)-c2c(cc(N(c4ccc(C(C)(C)C)cc4)c4ccc(C(C)(C)C)cc4)c4c2oc2ccccc24)C3(c2ccccc2)c2ccccc2)cc1. The standard InChI is InChI=1S/C73H64N2O2/c1-70(2,3)47-33-39-53(40-34-47)74(54-41-35-48(36-42-54)71(4,5)6)60-45-59-67(69-64(60)56-29-19-21-31-62(56)77-69)66-58(73(59,50-23-13-10-14-24-50)51-25-15-11-16-26-51)46-61(68-65(66)57-30-20-22-32-63(57)76-68)75(52-27-17-12-18-28-52)55-43-37-49(38-44-55)72(7,8)9/h10-46H,1-9H3. The van der Waals surface area contributed by atoms with E-state index in [4.69, 9.17) is 8.83 Å². The molecule has 4 nitrogen and oxygen atoms in total. The monoisotopic (exact) mass is 1000 g/mol. The average Bonchev–Trinajstić information content (AvgIpc) is 3.66. The molecule has 0 unspecified atom stereocenters. The van der Waals surface area contributed by atoms with Crippen molar-refractivity contribution in [3.63, 3.8) is 0 Å². The first-order valence-electron chi connectivity index (χ1n) is 27.2. The van der Waals surface area contributed by atoms with Gasteiger partial charge in [-0.25, -0.2) is 0 Å². The Morgan fingerprint density at radius 1 is 0.325 bits per heavy atom. The lowest BCUT2D eigenvalue weighted by Gasteiger charge is -2.36. The molecule has 12 aromatic rings. The molecule has 0 amide bonds. The van der Waals surface area contributed by atoms with Crippen LogP contribution in [-0.4, -0.2) is 0 Å². The third-order valence-electron chi connectivity index (χ3n) is 16.2. The highest BCUT2D eigenvalue weighted by molar-refractivity contribution is 6.26. The van der Waals surface area contributed by atoms with Gasteiger partial charge in [0.15, 0.2) is 5.58 Å². The van der Waals surface area contributed by atoms with E-state index < -0.39 is 5.41 Å². The van der Waals surface area contributed by atoms with Gasteiger partial charge >= 0.3 is 0 Å². The van der Waals surface area contributed by atoms with E-state index in [0.29, 0.717) is 0 Å². The second-order valence-corrected chi connectivity index (χ2v) is 24.1. The van der Waals surface area contributed by atoms with Gasteiger partial charge in [0.2, 0.25) is 0 Å². The minimum Gasteiger partial charge on any atom is -0.455 e. The van der Waals surface area contributed by atoms with Gasteiger partial charge in [-0.2, -0.15) is 0 Å². The zero-order chi connectivity index (χ0) is 53.0. The summed E-state index contributed by atoms with van der Waals surface area (Å²) < 4.78 is 14.9. The maximum atomic E-state index is 7.53. The maximum Gasteiger partial charge on any atom is 0.160 e. The van der Waals surface area contributed by atoms with Crippen molar-refractivity contribution < 1.29 is 8.83 Å². The first kappa shape index (κ1) is 48.1. The van der Waals surface area contributed by atoms with Crippen LogP contribution in [0.3, 0.4) is 0 Å². The van der Waals surface area contributed by atoms with Crippen molar-refractivity contribution in [2.75, 3.05) is 9.80 Å². The summed E-state index contributed by atoms with van der Waals surface area (Å²) in [6, 6.07) is 82.7. The van der Waals surface area contributed by atoms with Crippen LogP contribution in [0.4, 0.5) is 34.1 Å². The number of benzene rings is 10. The molecule has 10 aromatic carbocycles. The third-order valence-corrected chi connectivity index (χ3v) is 16.2. The number of hydrogen-bond donors (Lipinski definition) is 0. The largest absolute Gasteiger partial charge is 0.455 e. The van der Waals surface area contributed by atoms with E-state index in [-0.39, 0.29) is 16.2 Å². The summed E-state index contributed by atoms with van der Waals surface area (Å²) in [7, 11) is 0. The van der Waals surface area contributed by atoms with Crippen LogP contribution >= 0.6 is 0 Å². The highest BCUT2D eigenvalue weighted by Gasteiger charge is 2.50. The zero-order valence-electron chi connectivity index (χ0n) is 45.6. The molecule has 4 heteroatoms. The molecule has 1 aliphatic rings. The summed E-state index contributed by atoms with van der Waals surface area (Å²) in [4.78, 5) is 4.87. The number of fused-ring (bicyclic) bond motifs is 11. The van der Waals surface area contributed by atoms with Gasteiger partial charge in [-0.1, -0.05) is 214 Å². The molecule has 0 saturated carbocycles. The maximum absolute atomic E-state index is 7.53. The van der Waals surface area contributed by atoms with Gasteiger partial charge in [0.1, 0.15) is 16.7 Å². The van der Waals surface area contributed by atoms with Gasteiger partial charge < -0.3 is 18.6 Å². The van der Waals surface area contributed by atoms with Gasteiger partial charge in [0, 0.05) is 50.0 Å². The van der Waals surface area contributed by atoms with E-state index >= 15 is 0 Å². The fourth-order valence-corrected chi connectivity index (χ4v) is 12.3. The molecule has 13 rings (SSSR count). The average molecular weight is 1000 g/mol. The summed E-state index contributed by atoms with van der Waals surface area (Å²) in [6.45, 7) is 20.5. The van der Waals surface area contributed by atoms with Crippen LogP contribution in [0.1, 0.15) is 101 Å². The fourth-order valence-electron chi connectivity index (χ4n) is 12.3.